The molecule has 0 aromatic rings. The molecule has 2 rings (SSSR count). The number of rotatable bonds is 4. The zero-order valence-electron chi connectivity index (χ0n) is 10.8. The smallest absolute Gasteiger partial charge is 0.226 e. The molecule has 0 aliphatic heterocycles. The van der Waals surface area contributed by atoms with Crippen LogP contribution in [0.15, 0.2) is 0 Å². The van der Waals surface area contributed by atoms with Crippen molar-refractivity contribution in [3.8, 4) is 0 Å². The molecular formula is C14H24ClNO. The predicted octanol–water partition coefficient (Wildman–Crippen LogP) is 3.48. The topological polar surface area (TPSA) is 29.1 Å². The van der Waals surface area contributed by atoms with Gasteiger partial charge in [0.1, 0.15) is 0 Å². The average Bonchev–Trinajstić information content (AvgIpc) is 2.97. The van der Waals surface area contributed by atoms with Gasteiger partial charge in [0.25, 0.3) is 0 Å². The van der Waals surface area contributed by atoms with Gasteiger partial charge in [0, 0.05) is 17.3 Å². The van der Waals surface area contributed by atoms with Crippen molar-refractivity contribution in [2.75, 3.05) is 5.88 Å². The number of halogens is 1. The largest absolute Gasteiger partial charge is 0.353 e. The van der Waals surface area contributed by atoms with E-state index < -0.39 is 0 Å². The van der Waals surface area contributed by atoms with Crippen molar-refractivity contribution in [2.45, 2.75) is 64.3 Å². The third-order valence-corrected chi connectivity index (χ3v) is 5.29. The van der Waals surface area contributed by atoms with E-state index in [1.54, 1.807) is 0 Å². The molecule has 17 heavy (non-hydrogen) atoms. The Kier molecular flexibility index (Phi) is 4.35. The fraction of sp³-hybridized carbons (Fsp3) is 0.929. The summed E-state index contributed by atoms with van der Waals surface area (Å²) in [6.07, 6.45) is 9.06. The fourth-order valence-corrected chi connectivity index (χ4v) is 3.90. The maximum absolute atomic E-state index is 12.5. The highest BCUT2D eigenvalue weighted by atomic mass is 35.5. The van der Waals surface area contributed by atoms with Gasteiger partial charge in [0.15, 0.2) is 0 Å². The van der Waals surface area contributed by atoms with Crippen LogP contribution in [-0.4, -0.2) is 17.8 Å². The van der Waals surface area contributed by atoms with E-state index in [1.165, 1.54) is 25.7 Å². The van der Waals surface area contributed by atoms with Crippen LogP contribution in [0.3, 0.4) is 0 Å². The molecule has 2 atom stereocenters. The molecule has 98 valence electrons. The molecule has 0 heterocycles. The first-order chi connectivity index (χ1) is 8.22. The Morgan fingerprint density at radius 3 is 2.59 bits per heavy atom. The van der Waals surface area contributed by atoms with E-state index in [9.17, 15) is 4.79 Å². The third kappa shape index (κ3) is 2.62. The quantitative estimate of drug-likeness (QED) is 0.768. The van der Waals surface area contributed by atoms with Crippen molar-refractivity contribution in [3.05, 3.63) is 0 Å². The van der Waals surface area contributed by atoms with Crippen LogP contribution in [-0.2, 0) is 4.79 Å². The predicted molar refractivity (Wildman–Crippen MR) is 71.2 cm³/mol. The number of amides is 1. The third-order valence-electron chi connectivity index (χ3n) is 4.89. The summed E-state index contributed by atoms with van der Waals surface area (Å²) in [6, 6.07) is 0.337. The molecule has 0 aromatic heterocycles. The fourth-order valence-electron chi connectivity index (χ4n) is 3.53. The minimum absolute atomic E-state index is 0.0561. The van der Waals surface area contributed by atoms with E-state index >= 15 is 0 Å². The lowest BCUT2D eigenvalue weighted by atomic mass is 9.82. The Morgan fingerprint density at radius 2 is 2.00 bits per heavy atom. The summed E-state index contributed by atoms with van der Waals surface area (Å²) < 4.78 is 0. The second-order valence-corrected chi connectivity index (χ2v) is 6.07. The Balaban J connectivity index is 1.96. The molecule has 1 N–H and O–H groups in total. The Bertz CT molecular complexity index is 273. The van der Waals surface area contributed by atoms with Crippen molar-refractivity contribution in [1.29, 1.82) is 0 Å². The average molecular weight is 258 g/mol. The van der Waals surface area contributed by atoms with Crippen LogP contribution in [0.2, 0.25) is 0 Å². The number of hydrogen-bond donors (Lipinski definition) is 1. The lowest BCUT2D eigenvalue weighted by Crippen LogP contribution is -2.45. The van der Waals surface area contributed by atoms with Gasteiger partial charge in [-0.05, 0) is 38.0 Å². The molecule has 0 radical (unpaired) electrons. The molecule has 2 fully saturated rings. The normalized spacial score (nSPS) is 31.6. The van der Waals surface area contributed by atoms with E-state index in [1.807, 2.05) is 0 Å². The second kappa shape index (κ2) is 5.60. The highest BCUT2D eigenvalue weighted by molar-refractivity contribution is 6.18. The number of alkyl halides is 1. The monoisotopic (exact) mass is 257 g/mol. The molecule has 0 saturated heterocycles. The summed E-state index contributed by atoms with van der Waals surface area (Å²) in [5.41, 5.74) is -0.0561. The van der Waals surface area contributed by atoms with Crippen LogP contribution in [0.5, 0.6) is 0 Å². The van der Waals surface area contributed by atoms with Crippen LogP contribution < -0.4 is 5.32 Å². The van der Waals surface area contributed by atoms with E-state index in [4.69, 9.17) is 11.6 Å². The van der Waals surface area contributed by atoms with Gasteiger partial charge in [-0.25, -0.2) is 0 Å². The van der Waals surface area contributed by atoms with Gasteiger partial charge in [-0.3, -0.25) is 4.79 Å². The van der Waals surface area contributed by atoms with E-state index in [-0.39, 0.29) is 5.41 Å². The van der Waals surface area contributed by atoms with Crippen molar-refractivity contribution >= 4 is 17.5 Å². The Morgan fingerprint density at radius 1 is 1.29 bits per heavy atom. The summed E-state index contributed by atoms with van der Waals surface area (Å²) in [6.45, 7) is 2.15. The maximum Gasteiger partial charge on any atom is 0.226 e. The van der Waals surface area contributed by atoms with Gasteiger partial charge in [-0.2, -0.15) is 0 Å². The van der Waals surface area contributed by atoms with E-state index in [0.29, 0.717) is 23.7 Å². The molecule has 1 amide bonds. The molecular weight excluding hydrogens is 234 g/mol. The molecule has 2 saturated carbocycles. The minimum Gasteiger partial charge on any atom is -0.353 e. The Hall–Kier alpha value is -0.240. The van der Waals surface area contributed by atoms with E-state index in [2.05, 4.69) is 12.2 Å². The summed E-state index contributed by atoms with van der Waals surface area (Å²) in [5, 5.41) is 3.29. The van der Waals surface area contributed by atoms with Crippen LogP contribution >= 0.6 is 11.6 Å². The van der Waals surface area contributed by atoms with E-state index in [0.717, 1.165) is 25.7 Å². The zero-order valence-corrected chi connectivity index (χ0v) is 11.6. The first-order valence-electron chi connectivity index (χ1n) is 7.09. The molecule has 2 unspecified atom stereocenters. The molecule has 2 aliphatic carbocycles. The number of carbonyl (C=O) groups is 1. The molecule has 2 aliphatic rings. The lowest BCUT2D eigenvalue weighted by Gasteiger charge is -2.29. The molecule has 0 spiro atoms. The first-order valence-corrected chi connectivity index (χ1v) is 7.62. The first kappa shape index (κ1) is 13.2. The van der Waals surface area contributed by atoms with Gasteiger partial charge in [0.2, 0.25) is 5.91 Å². The van der Waals surface area contributed by atoms with Gasteiger partial charge >= 0.3 is 0 Å². The van der Waals surface area contributed by atoms with Crippen LogP contribution in [0.1, 0.15) is 58.3 Å². The molecule has 0 bridgehead atoms. The van der Waals surface area contributed by atoms with Gasteiger partial charge in [-0.1, -0.05) is 26.2 Å². The number of nitrogens with one attached hydrogen (secondary N) is 1. The Labute approximate surface area is 109 Å². The lowest BCUT2D eigenvalue weighted by molar-refractivity contribution is -0.132. The SMILES string of the molecule is CCC1(C(=O)NC2CCCC2CCl)CCCC1. The number of hydrogen-bond acceptors (Lipinski definition) is 1. The van der Waals surface area contributed by atoms with Crippen molar-refractivity contribution < 1.29 is 4.79 Å². The standard InChI is InChI=1S/C14H24ClNO/c1-2-14(8-3-4-9-14)13(17)16-12-7-5-6-11(12)10-15/h11-12H,2-10H2,1H3,(H,16,17). The second-order valence-electron chi connectivity index (χ2n) is 5.77. The summed E-state index contributed by atoms with van der Waals surface area (Å²) in [5.74, 6) is 1.49. The zero-order chi connectivity index (χ0) is 12.3. The summed E-state index contributed by atoms with van der Waals surface area (Å²) >= 11 is 5.96. The van der Waals surface area contributed by atoms with Crippen molar-refractivity contribution in [2.24, 2.45) is 11.3 Å². The van der Waals surface area contributed by atoms with Crippen molar-refractivity contribution in [3.63, 3.8) is 0 Å². The number of carbonyl (C=O) groups excluding carboxylic acids is 1. The van der Waals surface area contributed by atoms with Crippen LogP contribution in [0.4, 0.5) is 0 Å². The van der Waals surface area contributed by atoms with Crippen LogP contribution in [0.25, 0.3) is 0 Å². The van der Waals surface area contributed by atoms with Gasteiger partial charge < -0.3 is 5.32 Å². The summed E-state index contributed by atoms with van der Waals surface area (Å²) in [7, 11) is 0. The highest BCUT2D eigenvalue weighted by Gasteiger charge is 2.41. The van der Waals surface area contributed by atoms with Crippen molar-refractivity contribution in [1.82, 2.24) is 5.32 Å². The maximum atomic E-state index is 12.5. The minimum atomic E-state index is -0.0561. The van der Waals surface area contributed by atoms with Gasteiger partial charge in [-0.15, -0.1) is 11.6 Å². The highest BCUT2D eigenvalue weighted by Crippen LogP contribution is 2.41. The molecule has 0 aromatic carbocycles. The molecule has 2 nitrogen and oxygen atoms in total. The van der Waals surface area contributed by atoms with Gasteiger partial charge in [0.05, 0.1) is 0 Å². The molecule has 3 heteroatoms. The van der Waals surface area contributed by atoms with Crippen LogP contribution in [0, 0.1) is 11.3 Å². The summed E-state index contributed by atoms with van der Waals surface area (Å²) in [4.78, 5) is 12.5.